The van der Waals surface area contributed by atoms with E-state index < -0.39 is 0 Å². The van der Waals surface area contributed by atoms with Gasteiger partial charge in [0.25, 0.3) is 11.8 Å². The summed E-state index contributed by atoms with van der Waals surface area (Å²) >= 11 is 0. The average molecular weight is 427 g/mol. The summed E-state index contributed by atoms with van der Waals surface area (Å²) in [4.78, 5) is 28.6. The van der Waals surface area contributed by atoms with E-state index >= 15 is 0 Å². The number of rotatable bonds is 7. The zero-order valence-electron chi connectivity index (χ0n) is 18.6. The Kier molecular flexibility index (Phi) is 7.39. The van der Waals surface area contributed by atoms with E-state index in [1.54, 1.807) is 29.0 Å². The van der Waals surface area contributed by atoms with Crippen LogP contribution in [0.15, 0.2) is 36.4 Å². The number of piperazine rings is 1. The lowest BCUT2D eigenvalue weighted by molar-refractivity contribution is -0.141. The molecule has 0 aromatic heterocycles. The number of carbonyl (C=O) groups excluding carboxylic acids is 2. The van der Waals surface area contributed by atoms with E-state index in [0.717, 1.165) is 22.4 Å². The lowest BCUT2D eigenvalue weighted by Crippen LogP contribution is -2.52. The number of hydrogen-bond acceptors (Lipinski definition) is 5. The van der Waals surface area contributed by atoms with Crippen LogP contribution in [0.3, 0.4) is 0 Å². The van der Waals surface area contributed by atoms with Gasteiger partial charge in [-0.05, 0) is 49.6 Å². The van der Waals surface area contributed by atoms with Gasteiger partial charge in [-0.3, -0.25) is 9.59 Å². The fourth-order valence-electron chi connectivity index (χ4n) is 3.55. The molecule has 0 bridgehead atoms. The van der Waals surface area contributed by atoms with Crippen molar-refractivity contribution in [2.45, 2.75) is 20.8 Å². The quantitative estimate of drug-likeness (QED) is 0.681. The van der Waals surface area contributed by atoms with Gasteiger partial charge in [-0.15, -0.1) is 0 Å². The summed E-state index contributed by atoms with van der Waals surface area (Å²) in [7, 11) is 1.56. The van der Waals surface area contributed by atoms with E-state index in [4.69, 9.17) is 14.2 Å². The first kappa shape index (κ1) is 22.5. The molecular weight excluding hydrogens is 396 g/mol. The van der Waals surface area contributed by atoms with Gasteiger partial charge < -0.3 is 24.0 Å². The topological polar surface area (TPSA) is 68.3 Å². The zero-order valence-corrected chi connectivity index (χ0v) is 18.6. The molecule has 0 saturated carbocycles. The summed E-state index contributed by atoms with van der Waals surface area (Å²) in [5.41, 5.74) is 3.20. The predicted octanol–water partition coefficient (Wildman–Crippen LogP) is 2.75. The van der Waals surface area contributed by atoms with Crippen molar-refractivity contribution in [1.82, 2.24) is 9.80 Å². The third kappa shape index (κ3) is 5.48. The molecule has 2 amide bonds. The van der Waals surface area contributed by atoms with E-state index in [1.165, 1.54) is 0 Å². The minimum Gasteiger partial charge on any atom is -0.493 e. The van der Waals surface area contributed by atoms with Crippen molar-refractivity contribution in [3.05, 3.63) is 53.1 Å². The maximum atomic E-state index is 12.6. The van der Waals surface area contributed by atoms with Crippen molar-refractivity contribution >= 4 is 11.8 Å². The van der Waals surface area contributed by atoms with Crippen molar-refractivity contribution < 1.29 is 23.8 Å². The molecule has 0 aliphatic carbocycles. The van der Waals surface area contributed by atoms with Crippen LogP contribution in [0, 0.1) is 20.8 Å². The average Bonchev–Trinajstić information content (AvgIpc) is 2.80. The monoisotopic (exact) mass is 426 g/mol. The maximum Gasteiger partial charge on any atom is 0.260 e. The second-order valence-corrected chi connectivity index (χ2v) is 7.64. The largest absolute Gasteiger partial charge is 0.493 e. The van der Waals surface area contributed by atoms with Gasteiger partial charge in [0.1, 0.15) is 5.75 Å². The van der Waals surface area contributed by atoms with E-state index in [0.29, 0.717) is 37.7 Å². The first-order valence-corrected chi connectivity index (χ1v) is 10.4. The van der Waals surface area contributed by atoms with Crippen LogP contribution in [0.2, 0.25) is 0 Å². The molecule has 0 radical (unpaired) electrons. The molecule has 31 heavy (non-hydrogen) atoms. The van der Waals surface area contributed by atoms with Gasteiger partial charge in [-0.2, -0.15) is 0 Å². The Hall–Kier alpha value is -3.22. The fraction of sp³-hybridized carbons (Fsp3) is 0.417. The molecule has 1 aliphatic heterocycles. The molecule has 3 rings (SSSR count). The molecule has 2 aromatic rings. The molecule has 166 valence electrons. The van der Waals surface area contributed by atoms with Crippen LogP contribution in [0.5, 0.6) is 17.2 Å². The van der Waals surface area contributed by atoms with Crippen LogP contribution in [-0.4, -0.2) is 68.1 Å². The molecule has 0 atom stereocenters. The van der Waals surface area contributed by atoms with E-state index in [2.05, 4.69) is 0 Å². The number of hydrogen-bond donors (Lipinski definition) is 0. The highest BCUT2D eigenvalue weighted by Gasteiger charge is 2.25. The highest BCUT2D eigenvalue weighted by Crippen LogP contribution is 2.26. The Balaban J connectivity index is 1.46. The Morgan fingerprint density at radius 2 is 1.29 bits per heavy atom. The van der Waals surface area contributed by atoms with Crippen molar-refractivity contribution in [2.24, 2.45) is 0 Å². The standard InChI is InChI=1S/C24H30N2O5/c1-17-9-10-18(2)24(19(17)3)31-16-23(28)26-13-11-25(12-14-26)22(27)15-30-21-8-6-5-7-20(21)29-4/h5-10H,11-16H2,1-4H3. The van der Waals surface area contributed by atoms with Crippen molar-refractivity contribution in [2.75, 3.05) is 46.5 Å². The number of methoxy groups -OCH3 is 1. The molecule has 0 N–H and O–H groups in total. The number of nitrogens with zero attached hydrogens (tertiary/aromatic N) is 2. The highest BCUT2D eigenvalue weighted by molar-refractivity contribution is 5.80. The molecule has 0 unspecified atom stereocenters. The Morgan fingerprint density at radius 1 is 0.774 bits per heavy atom. The minimum atomic E-state index is -0.111. The lowest BCUT2D eigenvalue weighted by atomic mass is 10.1. The van der Waals surface area contributed by atoms with Gasteiger partial charge in [0.05, 0.1) is 7.11 Å². The van der Waals surface area contributed by atoms with Crippen LogP contribution in [-0.2, 0) is 9.59 Å². The Bertz CT molecular complexity index is 936. The second-order valence-electron chi connectivity index (χ2n) is 7.64. The summed E-state index contributed by atoms with van der Waals surface area (Å²) < 4.78 is 16.7. The molecule has 1 aliphatic rings. The van der Waals surface area contributed by atoms with Crippen molar-refractivity contribution in [3.8, 4) is 17.2 Å². The normalized spacial score (nSPS) is 13.7. The zero-order chi connectivity index (χ0) is 22.4. The van der Waals surface area contributed by atoms with Gasteiger partial charge in [-0.1, -0.05) is 24.3 Å². The summed E-state index contributed by atoms with van der Waals surface area (Å²) in [5, 5.41) is 0. The first-order chi connectivity index (χ1) is 14.9. The summed E-state index contributed by atoms with van der Waals surface area (Å²) in [5.74, 6) is 1.71. The lowest BCUT2D eigenvalue weighted by Gasteiger charge is -2.34. The molecule has 7 nitrogen and oxygen atoms in total. The minimum absolute atomic E-state index is 0.00398. The number of ether oxygens (including phenoxy) is 3. The number of para-hydroxylation sites is 2. The molecule has 0 spiro atoms. The molecule has 1 saturated heterocycles. The van der Waals surface area contributed by atoms with Crippen molar-refractivity contribution in [3.63, 3.8) is 0 Å². The predicted molar refractivity (Wildman–Crippen MR) is 118 cm³/mol. The molecule has 1 fully saturated rings. The summed E-state index contributed by atoms with van der Waals surface area (Å²) in [6, 6.07) is 11.3. The number of carbonyl (C=O) groups is 2. The smallest absolute Gasteiger partial charge is 0.260 e. The number of aryl methyl sites for hydroxylation is 2. The SMILES string of the molecule is COc1ccccc1OCC(=O)N1CCN(C(=O)COc2c(C)ccc(C)c2C)CC1. The van der Waals surface area contributed by atoms with Crippen molar-refractivity contribution in [1.29, 1.82) is 0 Å². The third-order valence-electron chi connectivity index (χ3n) is 5.62. The summed E-state index contributed by atoms with van der Waals surface area (Å²) in [6.07, 6.45) is 0. The third-order valence-corrected chi connectivity index (χ3v) is 5.62. The number of amides is 2. The van der Waals surface area contributed by atoms with Crippen LogP contribution in [0.1, 0.15) is 16.7 Å². The number of benzene rings is 2. The van der Waals surface area contributed by atoms with Crippen LogP contribution in [0.25, 0.3) is 0 Å². The van der Waals surface area contributed by atoms with Gasteiger partial charge in [-0.25, -0.2) is 0 Å². The van der Waals surface area contributed by atoms with Gasteiger partial charge in [0.2, 0.25) is 0 Å². The molecule has 2 aromatic carbocycles. The van der Waals surface area contributed by atoms with E-state index in [-0.39, 0.29) is 25.0 Å². The van der Waals surface area contributed by atoms with Crippen LogP contribution < -0.4 is 14.2 Å². The summed E-state index contributed by atoms with van der Waals surface area (Å²) in [6.45, 7) is 7.84. The molecule has 7 heteroatoms. The van der Waals surface area contributed by atoms with Gasteiger partial charge in [0, 0.05) is 26.2 Å². The van der Waals surface area contributed by atoms with E-state index in [1.807, 2.05) is 45.0 Å². The van der Waals surface area contributed by atoms with Crippen LogP contribution in [0.4, 0.5) is 0 Å². The Morgan fingerprint density at radius 3 is 1.87 bits per heavy atom. The Labute approximate surface area is 183 Å². The molecule has 1 heterocycles. The second kappa shape index (κ2) is 10.2. The van der Waals surface area contributed by atoms with E-state index in [9.17, 15) is 9.59 Å². The molecular formula is C24H30N2O5. The first-order valence-electron chi connectivity index (χ1n) is 10.4. The van der Waals surface area contributed by atoms with Crippen LogP contribution >= 0.6 is 0 Å². The van der Waals surface area contributed by atoms with Gasteiger partial charge in [0.15, 0.2) is 24.7 Å². The van der Waals surface area contributed by atoms with Gasteiger partial charge >= 0.3 is 0 Å². The highest BCUT2D eigenvalue weighted by atomic mass is 16.5. The maximum absolute atomic E-state index is 12.6. The fourth-order valence-corrected chi connectivity index (χ4v) is 3.55.